The lowest BCUT2D eigenvalue weighted by atomic mass is 10.1. The standard InChI is InChI=1S/C21H15N3O3/c25-13-24(16-9-10-17-18(12-16)27-14-26-17)21-20(15-6-2-1-3-7-15)22-19-8-4-5-11-23(19)21/h1-13H,14H2. The van der Waals surface area contributed by atoms with Crippen LogP contribution < -0.4 is 14.4 Å². The number of rotatable bonds is 4. The molecule has 1 aliphatic rings. The van der Waals surface area contributed by atoms with E-state index in [1.807, 2.05) is 65.2 Å². The van der Waals surface area contributed by atoms with Crippen LogP contribution in [0.2, 0.25) is 0 Å². The minimum atomic E-state index is 0.185. The number of pyridine rings is 1. The van der Waals surface area contributed by atoms with Gasteiger partial charge in [-0.25, -0.2) is 4.98 Å². The summed E-state index contributed by atoms with van der Waals surface area (Å²) < 4.78 is 12.7. The molecule has 27 heavy (non-hydrogen) atoms. The molecule has 1 amide bonds. The molecule has 2 aromatic carbocycles. The van der Waals surface area contributed by atoms with Gasteiger partial charge in [-0.2, -0.15) is 0 Å². The third-order valence-corrected chi connectivity index (χ3v) is 4.52. The van der Waals surface area contributed by atoms with Gasteiger partial charge in [-0.15, -0.1) is 0 Å². The van der Waals surface area contributed by atoms with Gasteiger partial charge in [0.2, 0.25) is 13.2 Å². The fourth-order valence-electron chi connectivity index (χ4n) is 3.27. The van der Waals surface area contributed by atoms with Crippen LogP contribution in [0, 0.1) is 0 Å². The second-order valence-electron chi connectivity index (χ2n) is 6.09. The third-order valence-electron chi connectivity index (χ3n) is 4.52. The Bertz CT molecular complexity index is 1140. The number of benzene rings is 2. The predicted octanol–water partition coefficient (Wildman–Crippen LogP) is 4.02. The van der Waals surface area contributed by atoms with Gasteiger partial charge in [-0.05, 0) is 24.3 Å². The molecule has 5 rings (SSSR count). The average Bonchev–Trinajstić information content (AvgIpc) is 3.34. The van der Waals surface area contributed by atoms with E-state index in [1.165, 1.54) is 0 Å². The molecule has 132 valence electrons. The molecule has 6 heteroatoms. The SMILES string of the molecule is O=CN(c1ccc2c(c1)OCO2)c1c(-c2ccccc2)nc2ccccn12. The Hall–Kier alpha value is -3.80. The molecule has 0 radical (unpaired) electrons. The summed E-state index contributed by atoms with van der Waals surface area (Å²) in [7, 11) is 0. The van der Waals surface area contributed by atoms with E-state index in [-0.39, 0.29) is 6.79 Å². The van der Waals surface area contributed by atoms with Crippen LogP contribution in [0.15, 0.2) is 72.9 Å². The van der Waals surface area contributed by atoms with Crippen molar-refractivity contribution in [2.75, 3.05) is 11.7 Å². The Kier molecular flexibility index (Phi) is 3.53. The van der Waals surface area contributed by atoms with Crippen molar-refractivity contribution in [3.05, 3.63) is 72.9 Å². The first-order valence-corrected chi connectivity index (χ1v) is 8.52. The van der Waals surface area contributed by atoms with Crippen molar-refractivity contribution in [1.29, 1.82) is 0 Å². The number of hydrogen-bond acceptors (Lipinski definition) is 4. The van der Waals surface area contributed by atoms with Crippen LogP contribution in [0.4, 0.5) is 11.5 Å². The lowest BCUT2D eigenvalue weighted by molar-refractivity contribution is -0.106. The second kappa shape index (κ2) is 6.17. The third kappa shape index (κ3) is 2.50. The molecule has 0 aliphatic carbocycles. The number of carbonyl (C=O) groups is 1. The van der Waals surface area contributed by atoms with Gasteiger partial charge in [0, 0.05) is 17.8 Å². The summed E-state index contributed by atoms with van der Waals surface area (Å²) in [5.74, 6) is 1.96. The number of nitrogens with zero attached hydrogens (tertiary/aromatic N) is 3. The normalized spacial score (nSPS) is 12.3. The van der Waals surface area contributed by atoms with Crippen LogP contribution in [0.3, 0.4) is 0 Å². The Labute approximate surface area is 155 Å². The van der Waals surface area contributed by atoms with Gasteiger partial charge < -0.3 is 9.47 Å². The Morgan fingerprint density at radius 2 is 1.78 bits per heavy atom. The highest BCUT2D eigenvalue weighted by atomic mass is 16.7. The van der Waals surface area contributed by atoms with Crippen LogP contribution in [0.5, 0.6) is 11.5 Å². The Morgan fingerprint density at radius 1 is 0.963 bits per heavy atom. The largest absolute Gasteiger partial charge is 0.454 e. The zero-order valence-corrected chi connectivity index (χ0v) is 14.3. The molecule has 0 atom stereocenters. The van der Waals surface area contributed by atoms with Gasteiger partial charge in [0.15, 0.2) is 17.3 Å². The quantitative estimate of drug-likeness (QED) is 0.518. The monoisotopic (exact) mass is 357 g/mol. The van der Waals surface area contributed by atoms with Gasteiger partial charge >= 0.3 is 0 Å². The van der Waals surface area contributed by atoms with Crippen molar-refractivity contribution in [2.45, 2.75) is 0 Å². The molecule has 4 aromatic rings. The van der Waals surface area contributed by atoms with Crippen molar-refractivity contribution < 1.29 is 14.3 Å². The number of anilines is 2. The van der Waals surface area contributed by atoms with E-state index >= 15 is 0 Å². The zero-order chi connectivity index (χ0) is 18.2. The molecule has 0 N–H and O–H groups in total. The van der Waals surface area contributed by atoms with Gasteiger partial charge in [-0.3, -0.25) is 14.1 Å². The predicted molar refractivity (Wildman–Crippen MR) is 101 cm³/mol. The summed E-state index contributed by atoms with van der Waals surface area (Å²) in [4.78, 5) is 18.5. The summed E-state index contributed by atoms with van der Waals surface area (Å²) in [6.07, 6.45) is 2.69. The molecule has 0 fully saturated rings. The van der Waals surface area contributed by atoms with E-state index in [0.717, 1.165) is 23.3 Å². The maximum absolute atomic E-state index is 12.1. The lowest BCUT2D eigenvalue weighted by Gasteiger charge is -2.19. The number of amides is 1. The van der Waals surface area contributed by atoms with Gasteiger partial charge in [0.25, 0.3) is 0 Å². The fraction of sp³-hybridized carbons (Fsp3) is 0.0476. The smallest absolute Gasteiger partial charge is 0.231 e. The maximum atomic E-state index is 12.1. The minimum Gasteiger partial charge on any atom is -0.454 e. The van der Waals surface area contributed by atoms with Crippen molar-refractivity contribution in [1.82, 2.24) is 9.38 Å². The molecule has 3 heterocycles. The summed E-state index contributed by atoms with van der Waals surface area (Å²) in [6, 6.07) is 21.0. The highest BCUT2D eigenvalue weighted by Crippen LogP contribution is 2.39. The van der Waals surface area contributed by atoms with Gasteiger partial charge in [0.05, 0.1) is 5.69 Å². The number of imidazole rings is 1. The highest BCUT2D eigenvalue weighted by molar-refractivity contribution is 5.93. The van der Waals surface area contributed by atoms with E-state index in [4.69, 9.17) is 14.5 Å². The molecular formula is C21H15N3O3. The Balaban J connectivity index is 1.74. The first-order valence-electron chi connectivity index (χ1n) is 8.52. The van der Waals surface area contributed by atoms with Gasteiger partial charge in [0.1, 0.15) is 11.3 Å². The average molecular weight is 357 g/mol. The van der Waals surface area contributed by atoms with Crippen molar-refractivity contribution in [2.24, 2.45) is 0 Å². The van der Waals surface area contributed by atoms with Crippen molar-refractivity contribution in [3.8, 4) is 22.8 Å². The van der Waals surface area contributed by atoms with E-state index < -0.39 is 0 Å². The maximum Gasteiger partial charge on any atom is 0.231 e. The number of carbonyl (C=O) groups excluding carboxylic acids is 1. The highest BCUT2D eigenvalue weighted by Gasteiger charge is 2.23. The van der Waals surface area contributed by atoms with E-state index in [0.29, 0.717) is 23.0 Å². The first kappa shape index (κ1) is 15.5. The van der Waals surface area contributed by atoms with Crippen LogP contribution in [0.25, 0.3) is 16.9 Å². The van der Waals surface area contributed by atoms with Crippen LogP contribution in [0.1, 0.15) is 0 Å². The second-order valence-corrected chi connectivity index (χ2v) is 6.09. The molecular weight excluding hydrogens is 342 g/mol. The zero-order valence-electron chi connectivity index (χ0n) is 14.3. The molecule has 2 aromatic heterocycles. The van der Waals surface area contributed by atoms with E-state index in [2.05, 4.69) is 0 Å². The van der Waals surface area contributed by atoms with Crippen LogP contribution in [-0.4, -0.2) is 22.6 Å². The van der Waals surface area contributed by atoms with Gasteiger partial charge in [-0.1, -0.05) is 36.4 Å². The lowest BCUT2D eigenvalue weighted by Crippen LogP contribution is -2.17. The fourth-order valence-corrected chi connectivity index (χ4v) is 3.27. The number of aromatic nitrogens is 2. The molecule has 1 aliphatic heterocycles. The first-order chi connectivity index (χ1) is 13.3. The van der Waals surface area contributed by atoms with E-state index in [9.17, 15) is 4.79 Å². The summed E-state index contributed by atoms with van der Waals surface area (Å²) in [5.41, 5.74) is 3.10. The van der Waals surface area contributed by atoms with Crippen molar-refractivity contribution in [3.63, 3.8) is 0 Å². The summed E-state index contributed by atoms with van der Waals surface area (Å²) in [5, 5.41) is 0. The molecule has 6 nitrogen and oxygen atoms in total. The molecule has 0 saturated heterocycles. The summed E-state index contributed by atoms with van der Waals surface area (Å²) in [6.45, 7) is 0.185. The summed E-state index contributed by atoms with van der Waals surface area (Å²) >= 11 is 0. The molecule has 0 spiro atoms. The number of hydrogen-bond donors (Lipinski definition) is 0. The molecule has 0 saturated carbocycles. The van der Waals surface area contributed by atoms with Crippen LogP contribution >= 0.6 is 0 Å². The molecule has 0 bridgehead atoms. The topological polar surface area (TPSA) is 56.1 Å². The minimum absolute atomic E-state index is 0.185. The molecule has 0 unspecified atom stereocenters. The van der Waals surface area contributed by atoms with E-state index in [1.54, 1.807) is 17.0 Å². The number of fused-ring (bicyclic) bond motifs is 2. The van der Waals surface area contributed by atoms with Crippen molar-refractivity contribution >= 4 is 23.6 Å². The number of ether oxygens (including phenoxy) is 2. The Morgan fingerprint density at radius 3 is 2.63 bits per heavy atom. The van der Waals surface area contributed by atoms with Crippen LogP contribution in [-0.2, 0) is 4.79 Å².